The zero-order valence-electron chi connectivity index (χ0n) is 24.1. The molecule has 40 heavy (non-hydrogen) atoms. The SMILES string of the molecule is CC(C)c1cc(N2c3ccccc3C(C)(C)c3ccccc32)c(C(C)C)cc1C=C1C(=O)c2ccccc2C1=O. The monoisotopic (exact) mass is 525 g/mol. The van der Waals surface area contributed by atoms with Gasteiger partial charge in [-0.2, -0.15) is 0 Å². The number of nitrogens with zero attached hydrogens (tertiary/aromatic N) is 1. The van der Waals surface area contributed by atoms with Crippen LogP contribution in [0.1, 0.15) is 102 Å². The average molecular weight is 526 g/mol. The van der Waals surface area contributed by atoms with Crippen LogP contribution in [0.3, 0.4) is 0 Å². The third-order valence-corrected chi connectivity index (χ3v) is 8.56. The van der Waals surface area contributed by atoms with Crippen molar-refractivity contribution in [2.24, 2.45) is 0 Å². The molecular weight excluding hydrogens is 490 g/mol. The van der Waals surface area contributed by atoms with E-state index >= 15 is 0 Å². The van der Waals surface area contributed by atoms with Crippen molar-refractivity contribution in [1.82, 2.24) is 0 Å². The van der Waals surface area contributed by atoms with Gasteiger partial charge in [-0.15, -0.1) is 0 Å². The van der Waals surface area contributed by atoms with Gasteiger partial charge in [-0.1, -0.05) is 102 Å². The van der Waals surface area contributed by atoms with Gasteiger partial charge in [0, 0.05) is 22.2 Å². The second kappa shape index (κ2) is 9.45. The first-order valence-electron chi connectivity index (χ1n) is 14.2. The van der Waals surface area contributed by atoms with Gasteiger partial charge in [0.05, 0.1) is 16.9 Å². The second-order valence-corrected chi connectivity index (χ2v) is 12.1. The van der Waals surface area contributed by atoms with Crippen LogP contribution < -0.4 is 4.90 Å². The third kappa shape index (κ3) is 3.87. The number of carbonyl (C=O) groups excluding carboxylic acids is 2. The maximum absolute atomic E-state index is 13.3. The highest BCUT2D eigenvalue weighted by Gasteiger charge is 2.38. The first-order valence-corrected chi connectivity index (χ1v) is 14.2. The Hall–Kier alpha value is -4.24. The van der Waals surface area contributed by atoms with Gasteiger partial charge in [0.25, 0.3) is 0 Å². The normalized spacial score (nSPS) is 15.4. The molecule has 0 saturated heterocycles. The van der Waals surface area contributed by atoms with Gasteiger partial charge in [0.15, 0.2) is 11.6 Å². The van der Waals surface area contributed by atoms with Gasteiger partial charge in [-0.05, 0) is 70.0 Å². The quantitative estimate of drug-likeness (QED) is 0.197. The van der Waals surface area contributed by atoms with Crippen molar-refractivity contribution in [3.8, 4) is 0 Å². The van der Waals surface area contributed by atoms with E-state index in [1.54, 1.807) is 12.1 Å². The van der Waals surface area contributed by atoms with Crippen LogP contribution in [-0.2, 0) is 5.41 Å². The van der Waals surface area contributed by atoms with Gasteiger partial charge in [0.2, 0.25) is 0 Å². The molecular formula is C37H35NO2. The number of Topliss-reactive ketones (excluding diaryl/α,β-unsaturated/α-hetero) is 2. The van der Waals surface area contributed by atoms with Crippen LogP contribution in [0.5, 0.6) is 0 Å². The molecule has 1 aliphatic heterocycles. The van der Waals surface area contributed by atoms with Crippen molar-refractivity contribution < 1.29 is 9.59 Å². The molecule has 0 atom stereocenters. The lowest BCUT2D eigenvalue weighted by atomic mass is 9.73. The molecule has 1 heterocycles. The first kappa shape index (κ1) is 26.0. The summed E-state index contributed by atoms with van der Waals surface area (Å²) in [5, 5.41) is 0. The summed E-state index contributed by atoms with van der Waals surface area (Å²) < 4.78 is 0. The highest BCUT2D eigenvalue weighted by atomic mass is 16.2. The Balaban J connectivity index is 1.59. The van der Waals surface area contributed by atoms with E-state index in [-0.39, 0.29) is 34.4 Å². The fourth-order valence-corrected chi connectivity index (χ4v) is 6.41. The van der Waals surface area contributed by atoms with Crippen molar-refractivity contribution in [3.05, 3.63) is 129 Å². The van der Waals surface area contributed by atoms with E-state index < -0.39 is 0 Å². The van der Waals surface area contributed by atoms with E-state index in [2.05, 4.69) is 107 Å². The van der Waals surface area contributed by atoms with Crippen molar-refractivity contribution in [3.63, 3.8) is 0 Å². The third-order valence-electron chi connectivity index (χ3n) is 8.56. The zero-order chi connectivity index (χ0) is 28.3. The molecule has 4 aromatic rings. The molecule has 0 spiro atoms. The Kier molecular flexibility index (Phi) is 6.14. The minimum absolute atomic E-state index is 0.134. The number of rotatable bonds is 4. The predicted molar refractivity (Wildman–Crippen MR) is 165 cm³/mol. The molecule has 0 aromatic heterocycles. The maximum Gasteiger partial charge on any atom is 0.197 e. The minimum Gasteiger partial charge on any atom is -0.310 e. The minimum atomic E-state index is -0.188. The van der Waals surface area contributed by atoms with Crippen LogP contribution in [0.4, 0.5) is 17.1 Å². The number of para-hydroxylation sites is 2. The number of anilines is 3. The molecule has 200 valence electrons. The zero-order valence-corrected chi connectivity index (χ0v) is 24.1. The number of fused-ring (bicyclic) bond motifs is 3. The van der Waals surface area contributed by atoms with Crippen molar-refractivity contribution in [2.45, 2.75) is 58.8 Å². The smallest absolute Gasteiger partial charge is 0.197 e. The molecule has 1 aliphatic carbocycles. The summed E-state index contributed by atoms with van der Waals surface area (Å²) in [6, 6.07) is 29.0. The van der Waals surface area contributed by atoms with E-state index in [1.807, 2.05) is 18.2 Å². The number of allylic oxidation sites excluding steroid dienone is 1. The number of carbonyl (C=O) groups is 2. The number of ketones is 2. The molecule has 2 aliphatic rings. The van der Waals surface area contributed by atoms with Crippen LogP contribution in [0.25, 0.3) is 6.08 Å². The summed E-state index contributed by atoms with van der Waals surface area (Å²) in [5.41, 5.74) is 10.4. The Morgan fingerprint density at radius 3 is 1.60 bits per heavy atom. The summed E-state index contributed by atoms with van der Waals surface area (Å²) in [7, 11) is 0. The molecule has 0 saturated carbocycles. The van der Waals surface area contributed by atoms with Gasteiger partial charge >= 0.3 is 0 Å². The van der Waals surface area contributed by atoms with Crippen LogP contribution in [0.15, 0.2) is 90.5 Å². The summed E-state index contributed by atoms with van der Waals surface area (Å²) in [4.78, 5) is 28.9. The lowest BCUT2D eigenvalue weighted by molar-refractivity contribution is 0.0990. The molecule has 0 N–H and O–H groups in total. The Morgan fingerprint density at radius 1 is 0.625 bits per heavy atom. The fourth-order valence-electron chi connectivity index (χ4n) is 6.41. The highest BCUT2D eigenvalue weighted by Crippen LogP contribution is 2.53. The molecule has 3 heteroatoms. The molecule has 0 unspecified atom stereocenters. The Morgan fingerprint density at radius 2 is 1.10 bits per heavy atom. The molecule has 0 amide bonds. The van der Waals surface area contributed by atoms with Gasteiger partial charge in [-0.3, -0.25) is 9.59 Å². The standard InChI is InChI=1S/C37H35NO2/c1-22(2)27-21-34(38-32-17-11-9-15-30(32)37(5,6)31-16-10-12-18-33(31)38)28(23(3)4)19-24(27)20-29-35(39)25-13-7-8-14-26(25)36(29)40/h7-23H,1-6H3. The molecule has 6 rings (SSSR count). The molecule has 0 bridgehead atoms. The van der Waals surface area contributed by atoms with Crippen LogP contribution in [-0.4, -0.2) is 11.6 Å². The summed E-state index contributed by atoms with van der Waals surface area (Å²) in [6.07, 6.45) is 1.83. The lowest BCUT2D eigenvalue weighted by Crippen LogP contribution is -2.31. The van der Waals surface area contributed by atoms with E-state index in [4.69, 9.17) is 0 Å². The number of hydrogen-bond donors (Lipinski definition) is 0. The van der Waals surface area contributed by atoms with Gasteiger partial charge in [0.1, 0.15) is 0 Å². The summed E-state index contributed by atoms with van der Waals surface area (Å²) >= 11 is 0. The number of hydrogen-bond acceptors (Lipinski definition) is 3. The van der Waals surface area contributed by atoms with Crippen molar-refractivity contribution in [2.75, 3.05) is 4.90 Å². The van der Waals surface area contributed by atoms with Crippen molar-refractivity contribution in [1.29, 1.82) is 0 Å². The Labute approximate surface area is 237 Å². The van der Waals surface area contributed by atoms with E-state index in [9.17, 15) is 9.59 Å². The Bertz CT molecular complexity index is 1630. The predicted octanol–water partition coefficient (Wildman–Crippen LogP) is 9.51. The summed E-state index contributed by atoms with van der Waals surface area (Å²) in [5.74, 6) is 0.0282. The number of benzene rings is 4. The summed E-state index contributed by atoms with van der Waals surface area (Å²) in [6.45, 7) is 13.4. The average Bonchev–Trinajstić information content (AvgIpc) is 3.18. The molecule has 4 aromatic carbocycles. The molecule has 0 fully saturated rings. The van der Waals surface area contributed by atoms with Crippen molar-refractivity contribution >= 4 is 34.7 Å². The lowest BCUT2D eigenvalue weighted by Gasteiger charge is -2.43. The van der Waals surface area contributed by atoms with Gasteiger partial charge < -0.3 is 4.90 Å². The van der Waals surface area contributed by atoms with E-state index in [1.165, 1.54) is 28.1 Å². The van der Waals surface area contributed by atoms with E-state index in [0.29, 0.717) is 11.1 Å². The largest absolute Gasteiger partial charge is 0.310 e. The first-order chi connectivity index (χ1) is 19.1. The van der Waals surface area contributed by atoms with E-state index in [0.717, 1.165) is 16.8 Å². The van der Waals surface area contributed by atoms with Gasteiger partial charge in [-0.25, -0.2) is 0 Å². The molecule has 0 radical (unpaired) electrons. The maximum atomic E-state index is 13.3. The van der Waals surface area contributed by atoms with Crippen LogP contribution >= 0.6 is 0 Å². The topological polar surface area (TPSA) is 37.4 Å². The second-order valence-electron chi connectivity index (χ2n) is 12.1. The fraction of sp³-hybridized carbons (Fsp3) is 0.243. The highest BCUT2D eigenvalue weighted by molar-refractivity contribution is 6.41. The van der Waals surface area contributed by atoms with Crippen LogP contribution in [0.2, 0.25) is 0 Å². The molecule has 3 nitrogen and oxygen atoms in total. The van der Waals surface area contributed by atoms with Crippen LogP contribution in [0, 0.1) is 0 Å².